The van der Waals surface area contributed by atoms with Crippen molar-refractivity contribution in [1.82, 2.24) is 9.66 Å². The number of fused-ring (bicyclic) bond motifs is 1. The summed E-state index contributed by atoms with van der Waals surface area (Å²) < 4.78 is 6.81. The average molecular weight is 434 g/mol. The van der Waals surface area contributed by atoms with Crippen molar-refractivity contribution in [3.8, 4) is 11.1 Å². The van der Waals surface area contributed by atoms with E-state index in [0.29, 0.717) is 27.8 Å². The van der Waals surface area contributed by atoms with Crippen LogP contribution >= 0.6 is 11.6 Å². The lowest BCUT2D eigenvalue weighted by Gasteiger charge is -2.19. The molecule has 0 saturated heterocycles. The smallest absolute Gasteiger partial charge is 0.357 e. The zero-order valence-electron chi connectivity index (χ0n) is 16.8. The van der Waals surface area contributed by atoms with Gasteiger partial charge < -0.3 is 10.2 Å². The van der Waals surface area contributed by atoms with Gasteiger partial charge >= 0.3 is 5.97 Å². The number of benzene rings is 2. The van der Waals surface area contributed by atoms with Gasteiger partial charge in [-0.3, -0.25) is 9.78 Å². The molecule has 31 heavy (non-hydrogen) atoms. The minimum absolute atomic E-state index is 0.128. The number of aromatic nitrogens is 2. The molecule has 1 N–H and O–H groups in total. The first-order valence-electron chi connectivity index (χ1n) is 9.77. The molecular formula is C24H20ClN3O3. The number of nitrogens with zero attached hydrogens (tertiary/aromatic N) is 2. The van der Waals surface area contributed by atoms with Gasteiger partial charge in [0.15, 0.2) is 5.69 Å². The quantitative estimate of drug-likeness (QED) is 0.459. The second kappa shape index (κ2) is 9.02. The molecule has 7 heteroatoms. The van der Waals surface area contributed by atoms with Crippen molar-refractivity contribution in [1.29, 1.82) is 0 Å². The van der Waals surface area contributed by atoms with Gasteiger partial charge in [-0.05, 0) is 46.8 Å². The van der Waals surface area contributed by atoms with E-state index in [2.05, 4.69) is 10.4 Å². The lowest BCUT2D eigenvalue weighted by atomic mass is 9.97. The Kier molecular flexibility index (Phi) is 6.00. The van der Waals surface area contributed by atoms with E-state index in [1.165, 1.54) is 4.68 Å². The summed E-state index contributed by atoms with van der Waals surface area (Å²) in [4.78, 5) is 30.3. The van der Waals surface area contributed by atoms with Gasteiger partial charge in [0.25, 0.3) is 5.56 Å². The van der Waals surface area contributed by atoms with Crippen molar-refractivity contribution in [2.75, 3.05) is 19.1 Å². The maximum Gasteiger partial charge on any atom is 0.357 e. The fourth-order valence-electron chi connectivity index (χ4n) is 3.55. The second-order valence-electron chi connectivity index (χ2n) is 6.89. The number of ether oxygens (including phenoxy) is 1. The average Bonchev–Trinajstić information content (AvgIpc) is 2.80. The van der Waals surface area contributed by atoms with Crippen LogP contribution in [0.3, 0.4) is 0 Å². The van der Waals surface area contributed by atoms with Crippen LogP contribution in [0.1, 0.15) is 16.1 Å². The van der Waals surface area contributed by atoms with Crippen molar-refractivity contribution in [3.63, 3.8) is 0 Å². The third-order valence-corrected chi connectivity index (χ3v) is 5.23. The van der Waals surface area contributed by atoms with E-state index in [9.17, 15) is 9.59 Å². The third-order valence-electron chi connectivity index (χ3n) is 5.00. The molecule has 0 fully saturated rings. The lowest BCUT2D eigenvalue weighted by Crippen LogP contribution is -2.33. The van der Waals surface area contributed by atoms with Crippen LogP contribution in [0.5, 0.6) is 0 Å². The van der Waals surface area contributed by atoms with Gasteiger partial charge in [-0.1, -0.05) is 41.9 Å². The van der Waals surface area contributed by atoms with Crippen LogP contribution in [-0.2, 0) is 11.2 Å². The molecule has 156 valence electrons. The molecule has 2 aromatic carbocycles. The number of pyridine rings is 2. The predicted octanol–water partition coefficient (Wildman–Crippen LogP) is 4.29. The van der Waals surface area contributed by atoms with Gasteiger partial charge in [0.1, 0.15) is 0 Å². The highest BCUT2D eigenvalue weighted by Gasteiger charge is 2.24. The van der Waals surface area contributed by atoms with Crippen molar-refractivity contribution >= 4 is 28.3 Å². The van der Waals surface area contributed by atoms with Crippen molar-refractivity contribution in [2.45, 2.75) is 6.42 Å². The van der Waals surface area contributed by atoms with Crippen LogP contribution in [-0.4, -0.2) is 29.3 Å². The van der Waals surface area contributed by atoms with Crippen LogP contribution in [0.25, 0.3) is 21.9 Å². The lowest BCUT2D eigenvalue weighted by molar-refractivity contribution is 0.0498. The molecule has 0 aliphatic carbocycles. The van der Waals surface area contributed by atoms with Crippen molar-refractivity contribution < 1.29 is 9.53 Å². The van der Waals surface area contributed by atoms with Gasteiger partial charge in [0, 0.05) is 41.8 Å². The molecule has 0 bridgehead atoms. The van der Waals surface area contributed by atoms with Crippen LogP contribution in [0.15, 0.2) is 77.9 Å². The summed E-state index contributed by atoms with van der Waals surface area (Å²) in [5.41, 5.74) is 4.97. The van der Waals surface area contributed by atoms with Gasteiger partial charge in [-0.25, -0.2) is 9.47 Å². The summed E-state index contributed by atoms with van der Waals surface area (Å²) in [6, 6.07) is 18.2. The number of rotatable bonds is 6. The zero-order chi connectivity index (χ0) is 21.8. The summed E-state index contributed by atoms with van der Waals surface area (Å²) in [5.74, 6) is -0.596. The van der Waals surface area contributed by atoms with E-state index in [-0.39, 0.29) is 17.9 Å². The van der Waals surface area contributed by atoms with Gasteiger partial charge in [0.2, 0.25) is 0 Å². The van der Waals surface area contributed by atoms with Gasteiger partial charge in [-0.2, -0.15) is 0 Å². The largest absolute Gasteiger partial charge is 0.461 e. The number of carbonyl (C=O) groups is 1. The van der Waals surface area contributed by atoms with Crippen LogP contribution in [0, 0.1) is 0 Å². The minimum atomic E-state index is -0.596. The first-order chi connectivity index (χ1) is 15.1. The molecule has 6 nitrogen and oxygen atoms in total. The van der Waals surface area contributed by atoms with Gasteiger partial charge in [0.05, 0.1) is 6.61 Å². The van der Waals surface area contributed by atoms with Crippen LogP contribution < -0.4 is 11.0 Å². The Hall–Kier alpha value is -3.64. The molecule has 0 radical (unpaired) electrons. The predicted molar refractivity (Wildman–Crippen MR) is 122 cm³/mol. The highest BCUT2D eigenvalue weighted by molar-refractivity contribution is 6.31. The highest BCUT2D eigenvalue weighted by atomic mass is 35.5. The summed E-state index contributed by atoms with van der Waals surface area (Å²) in [7, 11) is 1.59. The van der Waals surface area contributed by atoms with E-state index in [1.54, 1.807) is 37.6 Å². The Labute approximate surface area is 184 Å². The Morgan fingerprint density at radius 2 is 1.81 bits per heavy atom. The molecule has 0 aliphatic heterocycles. The summed E-state index contributed by atoms with van der Waals surface area (Å²) in [6.45, 7) is 0.169. The number of hydrogen-bond acceptors (Lipinski definition) is 5. The SMILES string of the molecule is CNn1c(C(=O)OCCc2ccncc2)c(-c2ccccc2)c2cc(Cl)ccc2c1=O. The van der Waals surface area contributed by atoms with E-state index in [1.807, 2.05) is 42.5 Å². The number of nitrogens with one attached hydrogen (secondary N) is 1. The van der Waals surface area contributed by atoms with Crippen LogP contribution in [0.2, 0.25) is 5.02 Å². The van der Waals surface area contributed by atoms with E-state index in [0.717, 1.165) is 11.1 Å². The van der Waals surface area contributed by atoms with Gasteiger partial charge in [-0.15, -0.1) is 0 Å². The second-order valence-corrected chi connectivity index (χ2v) is 7.32. The third kappa shape index (κ3) is 4.15. The normalized spacial score (nSPS) is 10.8. The van der Waals surface area contributed by atoms with E-state index >= 15 is 0 Å². The van der Waals surface area contributed by atoms with Crippen LogP contribution in [0.4, 0.5) is 0 Å². The number of carbonyl (C=O) groups excluding carboxylic acids is 1. The summed E-state index contributed by atoms with van der Waals surface area (Å²) >= 11 is 6.24. The maximum atomic E-state index is 13.2. The molecular weight excluding hydrogens is 414 g/mol. The number of hydrogen-bond donors (Lipinski definition) is 1. The topological polar surface area (TPSA) is 73.2 Å². The molecule has 0 aliphatic rings. The number of halogens is 1. The fourth-order valence-corrected chi connectivity index (χ4v) is 3.73. The zero-order valence-corrected chi connectivity index (χ0v) is 17.6. The first kappa shape index (κ1) is 20.6. The Balaban J connectivity index is 1.84. The minimum Gasteiger partial charge on any atom is -0.461 e. The monoisotopic (exact) mass is 433 g/mol. The molecule has 0 atom stereocenters. The molecule has 0 saturated carbocycles. The Morgan fingerprint density at radius 3 is 2.52 bits per heavy atom. The molecule has 4 aromatic rings. The standard InChI is InChI=1S/C24H20ClN3O3/c1-26-28-22(24(30)31-14-11-16-9-12-27-13-10-16)21(17-5-3-2-4-6-17)20-15-18(25)7-8-19(20)23(28)29/h2-10,12-13,15,26H,11,14H2,1H3. The number of esters is 1. The highest BCUT2D eigenvalue weighted by Crippen LogP contribution is 2.32. The maximum absolute atomic E-state index is 13.2. The Morgan fingerprint density at radius 1 is 1.06 bits per heavy atom. The molecule has 0 spiro atoms. The molecule has 2 heterocycles. The van der Waals surface area contributed by atoms with E-state index in [4.69, 9.17) is 16.3 Å². The van der Waals surface area contributed by atoms with Crippen molar-refractivity contribution in [3.05, 3.63) is 99.7 Å². The summed E-state index contributed by atoms with van der Waals surface area (Å²) in [5, 5.41) is 1.52. The molecule has 4 rings (SSSR count). The Bertz CT molecular complexity index is 1290. The molecule has 0 amide bonds. The molecule has 0 unspecified atom stereocenters. The summed E-state index contributed by atoms with van der Waals surface area (Å²) in [6.07, 6.45) is 3.92. The molecule has 2 aromatic heterocycles. The van der Waals surface area contributed by atoms with Crippen molar-refractivity contribution in [2.24, 2.45) is 0 Å². The fraction of sp³-hybridized carbons (Fsp3) is 0.125. The first-order valence-corrected chi connectivity index (χ1v) is 10.2. The van der Waals surface area contributed by atoms with E-state index < -0.39 is 5.97 Å².